The fourth-order valence-electron chi connectivity index (χ4n) is 1.68. The summed E-state index contributed by atoms with van der Waals surface area (Å²) >= 11 is 0. The molecule has 0 fully saturated rings. The molecule has 2 rings (SSSR count). The normalized spacial score (nSPS) is 10.8. The molecule has 2 aromatic rings. The number of aromatic nitrogens is 1. The zero-order chi connectivity index (χ0) is 10.3. The van der Waals surface area contributed by atoms with Crippen LogP contribution in [-0.2, 0) is 0 Å². The highest BCUT2D eigenvalue weighted by Gasteiger charge is 2.03. The van der Waals surface area contributed by atoms with Gasteiger partial charge in [0.25, 0.3) is 5.56 Å². The molecular weight excluding hydrogens is 174 g/mol. The molecule has 1 heterocycles. The Hall–Kier alpha value is -1.57. The Bertz CT molecular complexity index is 552. The number of fused-ring (bicyclic) bond motifs is 1. The quantitative estimate of drug-likeness (QED) is 0.675. The van der Waals surface area contributed by atoms with Crippen molar-refractivity contribution in [3.05, 3.63) is 45.2 Å². The van der Waals surface area contributed by atoms with Crippen molar-refractivity contribution < 1.29 is 0 Å². The lowest BCUT2D eigenvalue weighted by Crippen LogP contribution is -2.09. The van der Waals surface area contributed by atoms with Gasteiger partial charge in [-0.2, -0.15) is 0 Å². The van der Waals surface area contributed by atoms with Gasteiger partial charge >= 0.3 is 0 Å². The van der Waals surface area contributed by atoms with Crippen LogP contribution in [0, 0.1) is 20.8 Å². The zero-order valence-corrected chi connectivity index (χ0v) is 8.64. The van der Waals surface area contributed by atoms with Crippen LogP contribution in [0.4, 0.5) is 0 Å². The predicted molar refractivity (Wildman–Crippen MR) is 58.8 cm³/mol. The van der Waals surface area contributed by atoms with Crippen LogP contribution in [0.25, 0.3) is 10.9 Å². The van der Waals surface area contributed by atoms with Gasteiger partial charge in [0.05, 0.1) is 5.52 Å². The van der Waals surface area contributed by atoms with E-state index < -0.39 is 0 Å². The van der Waals surface area contributed by atoms with Gasteiger partial charge in [-0.1, -0.05) is 12.1 Å². The number of rotatable bonds is 0. The fraction of sp³-hybridized carbons (Fsp3) is 0.250. The molecule has 0 aliphatic carbocycles. The minimum absolute atomic E-state index is 0.00574. The van der Waals surface area contributed by atoms with E-state index in [1.54, 1.807) is 0 Å². The molecule has 1 aromatic heterocycles. The lowest BCUT2D eigenvalue weighted by atomic mass is 10.0. The summed E-state index contributed by atoms with van der Waals surface area (Å²) < 4.78 is 0. The Morgan fingerprint density at radius 1 is 1.00 bits per heavy atom. The number of aryl methyl sites for hydroxylation is 3. The van der Waals surface area contributed by atoms with E-state index in [0.29, 0.717) is 0 Å². The first kappa shape index (κ1) is 9.00. The lowest BCUT2D eigenvalue weighted by Gasteiger charge is -2.05. The molecule has 0 atom stereocenters. The minimum atomic E-state index is 0.00574. The Labute approximate surface area is 82.6 Å². The van der Waals surface area contributed by atoms with Crippen LogP contribution in [0.15, 0.2) is 23.0 Å². The third-order valence-electron chi connectivity index (χ3n) is 2.63. The van der Waals surface area contributed by atoms with E-state index in [4.69, 9.17) is 0 Å². The highest BCUT2D eigenvalue weighted by atomic mass is 16.1. The molecule has 0 unspecified atom stereocenters. The average molecular weight is 187 g/mol. The van der Waals surface area contributed by atoms with Crippen molar-refractivity contribution in [2.24, 2.45) is 0 Å². The Balaban J connectivity index is 3.01. The molecule has 2 heteroatoms. The van der Waals surface area contributed by atoms with Gasteiger partial charge in [0.1, 0.15) is 0 Å². The Morgan fingerprint density at radius 3 is 2.36 bits per heavy atom. The van der Waals surface area contributed by atoms with Crippen LogP contribution in [0.3, 0.4) is 0 Å². The Morgan fingerprint density at radius 2 is 1.64 bits per heavy atom. The summed E-state index contributed by atoms with van der Waals surface area (Å²) in [7, 11) is 0. The SMILES string of the molecule is Cc1cc2c(C)ccc(C)c2[nH]c1=O. The summed E-state index contributed by atoms with van der Waals surface area (Å²) in [6.45, 7) is 5.90. The average Bonchev–Trinajstić information content (AvgIpc) is 2.15. The van der Waals surface area contributed by atoms with Gasteiger partial charge in [-0.15, -0.1) is 0 Å². The molecule has 0 amide bonds. The minimum Gasteiger partial charge on any atom is -0.321 e. The van der Waals surface area contributed by atoms with Gasteiger partial charge < -0.3 is 4.98 Å². The third-order valence-corrected chi connectivity index (χ3v) is 2.63. The van der Waals surface area contributed by atoms with Gasteiger partial charge in [-0.05, 0) is 38.0 Å². The monoisotopic (exact) mass is 187 g/mol. The van der Waals surface area contributed by atoms with Gasteiger partial charge in [-0.25, -0.2) is 0 Å². The molecular formula is C12H13NO. The maximum Gasteiger partial charge on any atom is 0.251 e. The summed E-state index contributed by atoms with van der Waals surface area (Å²) in [6, 6.07) is 6.06. The van der Waals surface area contributed by atoms with E-state index >= 15 is 0 Å². The molecule has 0 bridgehead atoms. The number of pyridine rings is 1. The highest BCUT2D eigenvalue weighted by Crippen LogP contribution is 2.19. The van der Waals surface area contributed by atoms with Gasteiger partial charge in [0.15, 0.2) is 0 Å². The summed E-state index contributed by atoms with van der Waals surface area (Å²) in [5.41, 5.74) is 4.05. The molecule has 0 aliphatic rings. The van der Waals surface area contributed by atoms with E-state index in [9.17, 15) is 4.79 Å². The number of H-pyrrole nitrogens is 1. The van der Waals surface area contributed by atoms with E-state index in [-0.39, 0.29) is 5.56 Å². The molecule has 1 N–H and O–H groups in total. The molecule has 1 aromatic carbocycles. The van der Waals surface area contributed by atoms with E-state index in [1.165, 1.54) is 5.56 Å². The first-order valence-electron chi connectivity index (χ1n) is 4.69. The predicted octanol–water partition coefficient (Wildman–Crippen LogP) is 2.45. The number of aromatic amines is 1. The summed E-state index contributed by atoms with van der Waals surface area (Å²) in [6.07, 6.45) is 0. The molecule has 72 valence electrons. The third kappa shape index (κ3) is 1.23. The number of nitrogens with one attached hydrogen (secondary N) is 1. The first-order chi connectivity index (χ1) is 6.59. The number of hydrogen-bond donors (Lipinski definition) is 1. The molecule has 0 spiro atoms. The van der Waals surface area contributed by atoms with E-state index in [1.807, 2.05) is 26.0 Å². The van der Waals surface area contributed by atoms with Crippen LogP contribution in [0.1, 0.15) is 16.7 Å². The van der Waals surface area contributed by atoms with Crippen LogP contribution >= 0.6 is 0 Å². The molecule has 0 aliphatic heterocycles. The summed E-state index contributed by atoms with van der Waals surface area (Å²) in [5.74, 6) is 0. The van der Waals surface area contributed by atoms with Gasteiger partial charge in [0.2, 0.25) is 0 Å². The van der Waals surface area contributed by atoms with Crippen molar-refractivity contribution >= 4 is 10.9 Å². The van der Waals surface area contributed by atoms with Crippen LogP contribution in [-0.4, -0.2) is 4.98 Å². The maximum atomic E-state index is 11.4. The van der Waals surface area contributed by atoms with Crippen molar-refractivity contribution in [2.75, 3.05) is 0 Å². The largest absolute Gasteiger partial charge is 0.321 e. The molecule has 0 radical (unpaired) electrons. The van der Waals surface area contributed by atoms with E-state index in [2.05, 4.69) is 18.0 Å². The molecule has 0 saturated carbocycles. The smallest absolute Gasteiger partial charge is 0.251 e. The lowest BCUT2D eigenvalue weighted by molar-refractivity contribution is 1.22. The fourth-order valence-corrected chi connectivity index (χ4v) is 1.68. The second-order valence-corrected chi connectivity index (χ2v) is 3.77. The number of benzene rings is 1. The van der Waals surface area contributed by atoms with Crippen molar-refractivity contribution in [1.82, 2.24) is 4.98 Å². The number of hydrogen-bond acceptors (Lipinski definition) is 1. The summed E-state index contributed by atoms with van der Waals surface area (Å²) in [4.78, 5) is 14.4. The van der Waals surface area contributed by atoms with E-state index in [0.717, 1.165) is 22.0 Å². The molecule has 0 saturated heterocycles. The van der Waals surface area contributed by atoms with Crippen LogP contribution in [0.5, 0.6) is 0 Å². The first-order valence-corrected chi connectivity index (χ1v) is 4.69. The van der Waals surface area contributed by atoms with Crippen LogP contribution in [0.2, 0.25) is 0 Å². The van der Waals surface area contributed by atoms with Crippen molar-refractivity contribution in [2.45, 2.75) is 20.8 Å². The Kier molecular flexibility index (Phi) is 1.92. The second-order valence-electron chi connectivity index (χ2n) is 3.77. The zero-order valence-electron chi connectivity index (χ0n) is 8.64. The van der Waals surface area contributed by atoms with Crippen molar-refractivity contribution in [3.63, 3.8) is 0 Å². The van der Waals surface area contributed by atoms with Gasteiger partial charge in [-0.3, -0.25) is 4.79 Å². The second kappa shape index (κ2) is 2.98. The standard InChI is InChI=1S/C12H13NO/c1-7-4-5-8(2)11-10(7)6-9(3)12(14)13-11/h4-6H,1-3H3,(H,13,14). The van der Waals surface area contributed by atoms with Gasteiger partial charge in [0, 0.05) is 10.9 Å². The topological polar surface area (TPSA) is 32.9 Å². The van der Waals surface area contributed by atoms with Crippen molar-refractivity contribution in [1.29, 1.82) is 0 Å². The summed E-state index contributed by atoms with van der Waals surface area (Å²) in [5, 5.41) is 1.14. The molecule has 14 heavy (non-hydrogen) atoms. The van der Waals surface area contributed by atoms with Crippen molar-refractivity contribution in [3.8, 4) is 0 Å². The highest BCUT2D eigenvalue weighted by molar-refractivity contribution is 5.85. The maximum absolute atomic E-state index is 11.4. The molecule has 2 nitrogen and oxygen atoms in total. The van der Waals surface area contributed by atoms with Crippen LogP contribution < -0.4 is 5.56 Å².